The first-order valence-electron chi connectivity index (χ1n) is 11.5. The lowest BCUT2D eigenvalue weighted by Gasteiger charge is -2.29. The molecule has 0 radical (unpaired) electrons. The number of nitrogens with zero attached hydrogens (tertiary/aromatic N) is 3. The van der Waals surface area contributed by atoms with Crippen LogP contribution in [0.1, 0.15) is 41.3 Å². The molecule has 2 aromatic carbocycles. The number of benzene rings is 2. The number of carboxylic acid groups (broad SMARTS) is 1. The Kier molecular flexibility index (Phi) is 7.04. The predicted octanol–water partition coefficient (Wildman–Crippen LogP) is 4.81. The molecule has 3 aromatic rings. The van der Waals surface area contributed by atoms with E-state index < -0.39 is 5.97 Å². The lowest BCUT2D eigenvalue weighted by atomic mass is 10.0. The molecule has 1 aliphatic rings. The third-order valence-corrected chi connectivity index (χ3v) is 6.02. The van der Waals surface area contributed by atoms with Crippen LogP contribution in [0.3, 0.4) is 0 Å². The Morgan fingerprint density at radius 2 is 2.06 bits per heavy atom. The number of fused-ring (bicyclic) bond motifs is 1. The lowest BCUT2D eigenvalue weighted by Crippen LogP contribution is -2.35. The molecule has 1 atom stereocenters. The molecule has 0 aliphatic carbocycles. The van der Waals surface area contributed by atoms with Crippen LogP contribution in [0.25, 0.3) is 11.4 Å². The van der Waals surface area contributed by atoms with E-state index in [4.69, 9.17) is 14.8 Å². The zero-order valence-electron chi connectivity index (χ0n) is 19.5. The maximum atomic E-state index is 10.9. The summed E-state index contributed by atoms with van der Waals surface area (Å²) >= 11 is 0. The molecule has 172 valence electrons. The van der Waals surface area contributed by atoms with Gasteiger partial charge in [-0.15, -0.1) is 0 Å². The van der Waals surface area contributed by atoms with Crippen molar-refractivity contribution in [2.45, 2.75) is 46.8 Å². The SMILES string of the molecule is Cc1cccc(COc2ccc(-c3ncc4c(n3)CCN(CC(C)CC(=O)O)C4)cc2C)c1. The summed E-state index contributed by atoms with van der Waals surface area (Å²) in [6, 6.07) is 14.4. The van der Waals surface area contributed by atoms with Crippen LogP contribution >= 0.6 is 0 Å². The third kappa shape index (κ3) is 5.96. The Morgan fingerprint density at radius 3 is 2.82 bits per heavy atom. The van der Waals surface area contributed by atoms with E-state index >= 15 is 0 Å². The number of rotatable bonds is 8. The molecule has 0 amide bonds. The number of aryl methyl sites for hydroxylation is 2. The van der Waals surface area contributed by atoms with Gasteiger partial charge in [-0.1, -0.05) is 36.8 Å². The highest BCUT2D eigenvalue weighted by molar-refractivity contribution is 5.67. The number of carbonyl (C=O) groups is 1. The van der Waals surface area contributed by atoms with Crippen LogP contribution in [0.2, 0.25) is 0 Å². The molecule has 0 bridgehead atoms. The van der Waals surface area contributed by atoms with E-state index in [1.165, 1.54) is 5.56 Å². The molecule has 0 spiro atoms. The fraction of sp³-hybridized carbons (Fsp3) is 0.370. The van der Waals surface area contributed by atoms with Crippen molar-refractivity contribution in [3.8, 4) is 17.1 Å². The van der Waals surface area contributed by atoms with Crippen LogP contribution in [-0.2, 0) is 24.4 Å². The third-order valence-electron chi connectivity index (χ3n) is 6.02. The molecule has 1 unspecified atom stereocenters. The molecule has 2 heterocycles. The lowest BCUT2D eigenvalue weighted by molar-refractivity contribution is -0.138. The first kappa shape index (κ1) is 22.9. The number of aliphatic carboxylic acids is 1. The van der Waals surface area contributed by atoms with Crippen molar-refractivity contribution in [3.05, 3.63) is 76.6 Å². The van der Waals surface area contributed by atoms with Crippen molar-refractivity contribution in [2.75, 3.05) is 13.1 Å². The molecule has 4 rings (SSSR count). The molecule has 6 nitrogen and oxygen atoms in total. The highest BCUT2D eigenvalue weighted by atomic mass is 16.5. The Morgan fingerprint density at radius 1 is 1.21 bits per heavy atom. The minimum atomic E-state index is -0.741. The van der Waals surface area contributed by atoms with Crippen molar-refractivity contribution in [3.63, 3.8) is 0 Å². The van der Waals surface area contributed by atoms with Gasteiger partial charge in [-0.3, -0.25) is 9.69 Å². The fourth-order valence-corrected chi connectivity index (χ4v) is 4.39. The summed E-state index contributed by atoms with van der Waals surface area (Å²) in [5.41, 5.74) is 6.63. The average Bonchev–Trinajstić information content (AvgIpc) is 2.77. The van der Waals surface area contributed by atoms with Crippen LogP contribution in [-0.4, -0.2) is 39.0 Å². The second kappa shape index (κ2) is 10.1. The highest BCUT2D eigenvalue weighted by Gasteiger charge is 2.21. The van der Waals surface area contributed by atoms with Gasteiger partial charge in [0.2, 0.25) is 0 Å². The number of aromatic nitrogens is 2. The van der Waals surface area contributed by atoms with E-state index in [9.17, 15) is 4.79 Å². The van der Waals surface area contributed by atoms with Gasteiger partial charge in [0.25, 0.3) is 0 Å². The van der Waals surface area contributed by atoms with Crippen molar-refractivity contribution < 1.29 is 14.6 Å². The number of hydrogen-bond donors (Lipinski definition) is 1. The first-order valence-corrected chi connectivity index (χ1v) is 11.5. The smallest absolute Gasteiger partial charge is 0.303 e. The van der Waals surface area contributed by atoms with Crippen LogP contribution in [0.5, 0.6) is 5.75 Å². The van der Waals surface area contributed by atoms with Gasteiger partial charge in [0.1, 0.15) is 12.4 Å². The van der Waals surface area contributed by atoms with Gasteiger partial charge in [0, 0.05) is 49.8 Å². The van der Waals surface area contributed by atoms with Gasteiger partial charge < -0.3 is 9.84 Å². The van der Waals surface area contributed by atoms with E-state index in [1.54, 1.807) is 0 Å². The standard InChI is InChI=1S/C27H31N3O3/c1-18-5-4-6-21(11-18)17-33-25-8-7-22(13-20(25)3)27-28-14-23-16-30(10-9-24(23)29-27)15-19(2)12-26(31)32/h4-8,11,13-14,19H,9-10,12,15-17H2,1-3H3,(H,31,32). The molecule has 0 saturated carbocycles. The minimum Gasteiger partial charge on any atom is -0.489 e. The summed E-state index contributed by atoms with van der Waals surface area (Å²) < 4.78 is 6.04. The fourth-order valence-electron chi connectivity index (χ4n) is 4.39. The minimum absolute atomic E-state index is 0.124. The Balaban J connectivity index is 1.41. The molecular formula is C27H31N3O3. The first-order chi connectivity index (χ1) is 15.9. The van der Waals surface area contributed by atoms with Crippen molar-refractivity contribution in [2.24, 2.45) is 5.92 Å². The van der Waals surface area contributed by atoms with E-state index in [0.717, 1.165) is 65.6 Å². The van der Waals surface area contributed by atoms with Gasteiger partial charge in [-0.25, -0.2) is 9.97 Å². The van der Waals surface area contributed by atoms with Gasteiger partial charge in [0.15, 0.2) is 5.82 Å². The van der Waals surface area contributed by atoms with Crippen molar-refractivity contribution in [1.29, 1.82) is 0 Å². The zero-order chi connectivity index (χ0) is 23.4. The van der Waals surface area contributed by atoms with Crippen LogP contribution in [0.4, 0.5) is 0 Å². The summed E-state index contributed by atoms with van der Waals surface area (Å²) in [7, 11) is 0. The van der Waals surface area contributed by atoms with Crippen LogP contribution < -0.4 is 4.74 Å². The second-order valence-electron chi connectivity index (χ2n) is 9.11. The second-order valence-corrected chi connectivity index (χ2v) is 9.11. The van der Waals surface area contributed by atoms with E-state index in [0.29, 0.717) is 6.61 Å². The number of hydrogen-bond acceptors (Lipinski definition) is 5. The van der Waals surface area contributed by atoms with Crippen molar-refractivity contribution >= 4 is 5.97 Å². The normalized spacial score (nSPS) is 14.5. The summed E-state index contributed by atoms with van der Waals surface area (Å²) in [5.74, 6) is 0.979. The Hall–Kier alpha value is -3.25. The van der Waals surface area contributed by atoms with Gasteiger partial charge >= 0.3 is 5.97 Å². The Bertz CT molecular complexity index is 1150. The maximum absolute atomic E-state index is 10.9. The average molecular weight is 446 g/mol. The molecule has 1 aromatic heterocycles. The van der Waals surface area contributed by atoms with E-state index in [2.05, 4.69) is 41.1 Å². The van der Waals surface area contributed by atoms with Gasteiger partial charge in [-0.05, 0) is 49.1 Å². The Labute approximate surface area is 195 Å². The number of carboxylic acids is 1. The molecule has 0 saturated heterocycles. The summed E-state index contributed by atoms with van der Waals surface area (Å²) in [5, 5.41) is 8.99. The topological polar surface area (TPSA) is 75.6 Å². The monoisotopic (exact) mass is 445 g/mol. The van der Waals surface area contributed by atoms with E-state index in [1.807, 2.05) is 38.2 Å². The predicted molar refractivity (Wildman–Crippen MR) is 128 cm³/mol. The molecule has 1 aliphatic heterocycles. The van der Waals surface area contributed by atoms with E-state index in [-0.39, 0.29) is 12.3 Å². The zero-order valence-corrected chi connectivity index (χ0v) is 19.5. The van der Waals surface area contributed by atoms with Crippen molar-refractivity contribution in [1.82, 2.24) is 14.9 Å². The molecule has 6 heteroatoms. The van der Waals surface area contributed by atoms with Gasteiger partial charge in [-0.2, -0.15) is 0 Å². The highest BCUT2D eigenvalue weighted by Crippen LogP contribution is 2.27. The maximum Gasteiger partial charge on any atom is 0.303 e. The quantitative estimate of drug-likeness (QED) is 0.536. The molecule has 0 fully saturated rings. The number of ether oxygens (including phenoxy) is 1. The summed E-state index contributed by atoms with van der Waals surface area (Å²) in [6.07, 6.45) is 2.97. The van der Waals surface area contributed by atoms with Crippen LogP contribution in [0.15, 0.2) is 48.7 Å². The molecular weight excluding hydrogens is 414 g/mol. The van der Waals surface area contributed by atoms with Crippen LogP contribution in [0, 0.1) is 19.8 Å². The molecule has 1 N–H and O–H groups in total. The molecule has 33 heavy (non-hydrogen) atoms. The summed E-state index contributed by atoms with van der Waals surface area (Å²) in [4.78, 5) is 22.7. The van der Waals surface area contributed by atoms with Gasteiger partial charge in [0.05, 0.1) is 5.69 Å². The largest absolute Gasteiger partial charge is 0.489 e. The summed E-state index contributed by atoms with van der Waals surface area (Å²) in [6.45, 7) is 9.08.